The molecule has 1 aromatic carbocycles. The smallest absolute Gasteiger partial charge is 0.165 e. The molecule has 0 saturated heterocycles. The number of nitrogens with zero attached hydrogens (tertiary/aromatic N) is 1. The Morgan fingerprint density at radius 3 is 2.36 bits per heavy atom. The van der Waals surface area contributed by atoms with Crippen molar-refractivity contribution in [3.05, 3.63) is 29.8 Å². The molecular weight excluding hydrogens is 194 g/mol. The third kappa shape index (κ3) is 2.59. The zero-order valence-corrected chi connectivity index (χ0v) is 8.97. The van der Waals surface area contributed by atoms with Crippen molar-refractivity contribution in [3.8, 4) is 0 Å². The van der Waals surface area contributed by atoms with E-state index in [4.69, 9.17) is 0 Å². The molecule has 0 unspecified atom stereocenters. The van der Waals surface area contributed by atoms with Crippen LogP contribution in [0.3, 0.4) is 0 Å². The van der Waals surface area contributed by atoms with E-state index in [2.05, 4.69) is 22.4 Å². The van der Waals surface area contributed by atoms with E-state index in [9.17, 15) is 4.79 Å². The lowest BCUT2D eigenvalue weighted by atomic mass is 10.0. The molecule has 3 heteroatoms. The molecule has 0 atom stereocenters. The number of hydrogen-bond donors (Lipinski definition) is 0. The second kappa shape index (κ2) is 4.80. The number of Topliss-reactive ketones (excluding diaryl/α,β-unsaturated/α-hetero) is 1. The first-order valence-electron chi connectivity index (χ1n) is 4.37. The Morgan fingerprint density at radius 2 is 1.93 bits per heavy atom. The lowest BCUT2D eigenvalue weighted by Gasteiger charge is -2.03. The minimum Gasteiger partial charge on any atom is -0.294 e. The van der Waals surface area contributed by atoms with Crippen molar-refractivity contribution in [1.29, 1.82) is 0 Å². The van der Waals surface area contributed by atoms with Crippen LogP contribution < -0.4 is 0 Å². The van der Waals surface area contributed by atoms with Crippen LogP contribution in [0.2, 0.25) is 0 Å². The van der Waals surface area contributed by atoms with Crippen molar-refractivity contribution in [2.45, 2.75) is 13.8 Å². The number of hydrogen-bond acceptors (Lipinski definition) is 3. The maximum atomic E-state index is 11.5. The van der Waals surface area contributed by atoms with E-state index in [1.54, 1.807) is 24.3 Å². The summed E-state index contributed by atoms with van der Waals surface area (Å²) >= 11 is 4.48. The topological polar surface area (TPSA) is 29.4 Å². The molecular formula is C11H11NOS. The SMILES string of the molecule is CC(C)C(=O)c1ccc(N=C=S)cc1. The van der Waals surface area contributed by atoms with Gasteiger partial charge in [-0.25, -0.2) is 0 Å². The predicted octanol–water partition coefficient (Wildman–Crippen LogP) is 3.26. The van der Waals surface area contributed by atoms with E-state index < -0.39 is 0 Å². The Kier molecular flexibility index (Phi) is 3.69. The van der Waals surface area contributed by atoms with Crippen molar-refractivity contribution in [3.63, 3.8) is 0 Å². The summed E-state index contributed by atoms with van der Waals surface area (Å²) in [5.74, 6) is 0.165. The average Bonchev–Trinajstić information content (AvgIpc) is 2.18. The molecule has 1 aromatic rings. The minimum absolute atomic E-state index is 0.0230. The zero-order valence-electron chi connectivity index (χ0n) is 8.15. The van der Waals surface area contributed by atoms with Gasteiger partial charge >= 0.3 is 0 Å². The number of thiocarbonyl (C=S) groups is 1. The Labute approximate surface area is 88.7 Å². The summed E-state index contributed by atoms with van der Waals surface area (Å²) in [5.41, 5.74) is 1.43. The van der Waals surface area contributed by atoms with Crippen LogP contribution in [0.1, 0.15) is 24.2 Å². The third-order valence-electron chi connectivity index (χ3n) is 1.85. The Bertz CT molecular complexity index is 375. The second-order valence-electron chi connectivity index (χ2n) is 3.27. The number of rotatable bonds is 3. The minimum atomic E-state index is 0.0230. The first-order valence-corrected chi connectivity index (χ1v) is 4.78. The van der Waals surface area contributed by atoms with Crippen LogP contribution in [0.4, 0.5) is 5.69 Å². The molecule has 0 radical (unpaired) electrons. The molecule has 0 aliphatic carbocycles. The summed E-state index contributed by atoms with van der Waals surface area (Å²) < 4.78 is 0. The Hall–Kier alpha value is -1.31. The van der Waals surface area contributed by atoms with Gasteiger partial charge in [0.1, 0.15) is 0 Å². The van der Waals surface area contributed by atoms with Crippen LogP contribution in [0, 0.1) is 5.92 Å². The first kappa shape index (κ1) is 10.8. The average molecular weight is 205 g/mol. The molecule has 14 heavy (non-hydrogen) atoms. The van der Waals surface area contributed by atoms with E-state index in [0.717, 1.165) is 5.69 Å². The molecule has 1 rings (SSSR count). The molecule has 0 aromatic heterocycles. The molecule has 0 aliphatic rings. The van der Waals surface area contributed by atoms with Crippen molar-refractivity contribution in [2.24, 2.45) is 10.9 Å². The van der Waals surface area contributed by atoms with Gasteiger partial charge in [0.05, 0.1) is 10.8 Å². The maximum Gasteiger partial charge on any atom is 0.165 e. The van der Waals surface area contributed by atoms with Crippen LogP contribution in [0.15, 0.2) is 29.3 Å². The quantitative estimate of drug-likeness (QED) is 0.430. The molecule has 0 saturated carbocycles. The summed E-state index contributed by atoms with van der Waals surface area (Å²) in [6.45, 7) is 3.76. The van der Waals surface area contributed by atoms with Gasteiger partial charge in [-0.2, -0.15) is 4.99 Å². The monoisotopic (exact) mass is 205 g/mol. The van der Waals surface area contributed by atoms with E-state index in [1.807, 2.05) is 13.8 Å². The summed E-state index contributed by atoms with van der Waals surface area (Å²) in [6, 6.07) is 7.03. The van der Waals surface area contributed by atoms with Crippen LogP contribution in [0.25, 0.3) is 0 Å². The fourth-order valence-electron chi connectivity index (χ4n) is 1.09. The van der Waals surface area contributed by atoms with Gasteiger partial charge in [0.25, 0.3) is 0 Å². The van der Waals surface area contributed by atoms with Gasteiger partial charge in [0.2, 0.25) is 0 Å². The van der Waals surface area contributed by atoms with Crippen LogP contribution in [0.5, 0.6) is 0 Å². The molecule has 0 fully saturated rings. The van der Waals surface area contributed by atoms with E-state index in [0.29, 0.717) is 5.56 Å². The van der Waals surface area contributed by atoms with Gasteiger partial charge in [-0.15, -0.1) is 0 Å². The van der Waals surface area contributed by atoms with Crippen LogP contribution >= 0.6 is 12.2 Å². The van der Waals surface area contributed by atoms with E-state index in [-0.39, 0.29) is 11.7 Å². The first-order chi connectivity index (χ1) is 6.65. The van der Waals surface area contributed by atoms with E-state index >= 15 is 0 Å². The van der Waals surface area contributed by atoms with Crippen molar-refractivity contribution in [2.75, 3.05) is 0 Å². The number of ketones is 1. The largest absolute Gasteiger partial charge is 0.294 e. The van der Waals surface area contributed by atoms with E-state index in [1.165, 1.54) is 0 Å². The summed E-state index contributed by atoms with van der Waals surface area (Å²) in [4.78, 5) is 15.4. The summed E-state index contributed by atoms with van der Waals surface area (Å²) in [7, 11) is 0. The lowest BCUT2D eigenvalue weighted by molar-refractivity contribution is 0.0939. The highest BCUT2D eigenvalue weighted by molar-refractivity contribution is 7.78. The van der Waals surface area contributed by atoms with Gasteiger partial charge in [0, 0.05) is 11.5 Å². The highest BCUT2D eigenvalue weighted by atomic mass is 32.1. The van der Waals surface area contributed by atoms with Gasteiger partial charge in [-0.3, -0.25) is 4.79 Å². The number of aliphatic imine (C=N–C) groups is 1. The molecule has 0 N–H and O–H groups in total. The van der Waals surface area contributed by atoms with Crippen molar-refractivity contribution in [1.82, 2.24) is 0 Å². The molecule has 0 amide bonds. The van der Waals surface area contributed by atoms with Crippen LogP contribution in [-0.4, -0.2) is 10.9 Å². The second-order valence-corrected chi connectivity index (χ2v) is 3.45. The predicted molar refractivity (Wildman–Crippen MR) is 60.3 cm³/mol. The van der Waals surface area contributed by atoms with Crippen molar-refractivity contribution < 1.29 is 4.79 Å². The standard InChI is InChI=1S/C11H11NOS/c1-8(2)11(13)9-3-5-10(6-4-9)12-7-14/h3-6,8H,1-2H3. The zero-order chi connectivity index (χ0) is 10.6. The number of carbonyl (C=O) groups excluding carboxylic acids is 1. The van der Waals surface area contributed by atoms with Crippen molar-refractivity contribution >= 4 is 28.8 Å². The lowest BCUT2D eigenvalue weighted by Crippen LogP contribution is -2.06. The Balaban J connectivity index is 2.93. The van der Waals surface area contributed by atoms with Gasteiger partial charge < -0.3 is 0 Å². The van der Waals surface area contributed by atoms with Gasteiger partial charge in [-0.1, -0.05) is 13.8 Å². The highest BCUT2D eigenvalue weighted by Gasteiger charge is 2.09. The molecule has 0 aliphatic heterocycles. The summed E-state index contributed by atoms with van der Waals surface area (Å²) in [5, 5.41) is 2.28. The molecule has 0 heterocycles. The summed E-state index contributed by atoms with van der Waals surface area (Å²) in [6.07, 6.45) is 0. The number of benzene rings is 1. The van der Waals surface area contributed by atoms with Crippen LogP contribution in [-0.2, 0) is 0 Å². The van der Waals surface area contributed by atoms with Gasteiger partial charge in [-0.05, 0) is 36.5 Å². The number of isothiocyanates is 1. The maximum absolute atomic E-state index is 11.5. The molecule has 0 bridgehead atoms. The molecule has 0 spiro atoms. The fraction of sp³-hybridized carbons (Fsp3) is 0.273. The molecule has 72 valence electrons. The normalized spacial score (nSPS) is 9.64. The number of carbonyl (C=O) groups is 1. The third-order valence-corrected chi connectivity index (χ3v) is 1.94. The van der Waals surface area contributed by atoms with Gasteiger partial charge in [0.15, 0.2) is 5.78 Å². The fourth-order valence-corrected chi connectivity index (χ4v) is 1.19. The Morgan fingerprint density at radius 1 is 1.36 bits per heavy atom. The highest BCUT2D eigenvalue weighted by Crippen LogP contribution is 2.14. The molecule has 2 nitrogen and oxygen atoms in total.